The Morgan fingerprint density at radius 2 is 1.85 bits per heavy atom. The molecule has 2 aromatic carbocycles. The maximum Gasteiger partial charge on any atom is 0.410 e. The Labute approximate surface area is 173 Å². The first-order valence-corrected chi connectivity index (χ1v) is 9.37. The highest BCUT2D eigenvalue weighted by Gasteiger charge is 2.14. The van der Waals surface area contributed by atoms with Crippen molar-refractivity contribution < 1.29 is 19.4 Å². The van der Waals surface area contributed by atoms with Crippen molar-refractivity contribution in [2.75, 3.05) is 13.6 Å². The van der Waals surface area contributed by atoms with Crippen molar-refractivity contribution in [3.8, 4) is 5.75 Å². The number of carbonyl (C=O) groups excluding carboxylic acids is 2. The zero-order valence-electron chi connectivity index (χ0n) is 14.4. The molecular weight excluding hydrogens is 482 g/mol. The van der Waals surface area contributed by atoms with Crippen LogP contribution in [0.5, 0.6) is 5.75 Å². The summed E-state index contributed by atoms with van der Waals surface area (Å²) < 4.78 is 6.12. The minimum Gasteiger partial charge on any atom is -0.506 e. The first-order chi connectivity index (χ1) is 12.9. The van der Waals surface area contributed by atoms with Gasteiger partial charge in [-0.05, 0) is 55.1 Å². The van der Waals surface area contributed by atoms with Crippen molar-refractivity contribution in [1.29, 1.82) is 0 Å². The molecule has 0 saturated heterocycles. The van der Waals surface area contributed by atoms with E-state index in [1.807, 2.05) is 30.3 Å². The van der Waals surface area contributed by atoms with Gasteiger partial charge in [-0.3, -0.25) is 4.79 Å². The van der Waals surface area contributed by atoms with Crippen LogP contribution >= 0.6 is 31.9 Å². The molecule has 0 aliphatic heterocycles. The molecule has 142 valence electrons. The second-order valence-corrected chi connectivity index (χ2v) is 7.23. The van der Waals surface area contributed by atoms with Crippen LogP contribution in [0.15, 0.2) is 56.5 Å². The Hall–Kier alpha value is -2.39. The summed E-state index contributed by atoms with van der Waals surface area (Å²) in [4.78, 5) is 24.9. The molecule has 0 atom stereocenters. The second-order valence-electron chi connectivity index (χ2n) is 5.52. The number of ether oxygens (including phenoxy) is 1. The summed E-state index contributed by atoms with van der Waals surface area (Å²) in [5.74, 6) is -0.394. The zero-order valence-corrected chi connectivity index (χ0v) is 17.5. The molecule has 2 rings (SSSR count). The number of amides is 2. The Morgan fingerprint density at radius 3 is 2.48 bits per heavy atom. The normalized spacial score (nSPS) is 10.6. The van der Waals surface area contributed by atoms with E-state index in [1.54, 1.807) is 12.1 Å². The van der Waals surface area contributed by atoms with E-state index in [-0.39, 0.29) is 18.9 Å². The van der Waals surface area contributed by atoms with E-state index < -0.39 is 12.0 Å². The molecule has 0 saturated carbocycles. The number of benzene rings is 2. The molecule has 0 unspecified atom stereocenters. The van der Waals surface area contributed by atoms with Crippen LogP contribution in [0.4, 0.5) is 4.79 Å². The third kappa shape index (κ3) is 6.69. The minimum absolute atomic E-state index is 0.0758. The lowest BCUT2D eigenvalue weighted by molar-refractivity contribution is -0.121. The molecule has 0 spiro atoms. The molecule has 0 bridgehead atoms. The van der Waals surface area contributed by atoms with Gasteiger partial charge in [-0.2, -0.15) is 5.10 Å². The third-order valence-electron chi connectivity index (χ3n) is 3.34. The van der Waals surface area contributed by atoms with E-state index in [0.29, 0.717) is 14.5 Å². The fourth-order valence-electron chi connectivity index (χ4n) is 1.98. The summed E-state index contributed by atoms with van der Waals surface area (Å²) in [6, 6.07) is 12.5. The maximum absolute atomic E-state index is 11.9. The van der Waals surface area contributed by atoms with Gasteiger partial charge in [0.15, 0.2) is 0 Å². The number of likely N-dealkylation sites (N-methyl/N-ethyl adjacent to an activating group) is 1. The monoisotopic (exact) mass is 497 g/mol. The van der Waals surface area contributed by atoms with Gasteiger partial charge < -0.3 is 14.7 Å². The van der Waals surface area contributed by atoms with Crippen LogP contribution in [0.3, 0.4) is 0 Å². The summed E-state index contributed by atoms with van der Waals surface area (Å²) in [5.41, 5.74) is 3.85. The molecule has 0 aliphatic carbocycles. The van der Waals surface area contributed by atoms with Crippen LogP contribution in [-0.4, -0.2) is 41.8 Å². The standard InChI is InChI=1S/C18H17Br2N3O4/c1-23(18(26)27-11-12-5-3-2-4-6-12)10-16(24)22-21-9-13-7-14(19)17(25)15(20)8-13/h2-9,25H,10-11H2,1H3,(H,22,24)/b21-9-. The van der Waals surface area contributed by atoms with Gasteiger partial charge in [-0.1, -0.05) is 30.3 Å². The number of phenolic OH excluding ortho intramolecular Hbond substituents is 1. The van der Waals surface area contributed by atoms with Crippen molar-refractivity contribution in [2.45, 2.75) is 6.61 Å². The topological polar surface area (TPSA) is 91.2 Å². The quantitative estimate of drug-likeness (QED) is 0.470. The van der Waals surface area contributed by atoms with Crippen molar-refractivity contribution in [2.24, 2.45) is 5.10 Å². The minimum atomic E-state index is -0.607. The molecule has 2 amide bonds. The summed E-state index contributed by atoms with van der Waals surface area (Å²) in [6.07, 6.45) is 0.810. The number of nitrogens with one attached hydrogen (secondary N) is 1. The third-order valence-corrected chi connectivity index (χ3v) is 4.55. The molecule has 0 aromatic heterocycles. The number of rotatable bonds is 6. The summed E-state index contributed by atoms with van der Waals surface area (Å²) >= 11 is 6.42. The Balaban J connectivity index is 1.79. The van der Waals surface area contributed by atoms with Gasteiger partial charge in [0.2, 0.25) is 0 Å². The lowest BCUT2D eigenvalue weighted by Crippen LogP contribution is -2.36. The number of carbonyl (C=O) groups is 2. The first kappa shape index (κ1) is 20.9. The average molecular weight is 499 g/mol. The van der Waals surface area contributed by atoms with E-state index in [9.17, 15) is 14.7 Å². The number of hydrazone groups is 1. The number of hydrogen-bond donors (Lipinski definition) is 2. The zero-order chi connectivity index (χ0) is 19.8. The summed E-state index contributed by atoms with van der Waals surface area (Å²) in [5, 5.41) is 13.5. The van der Waals surface area contributed by atoms with Crippen LogP contribution < -0.4 is 5.43 Å². The predicted octanol–water partition coefficient (Wildman–Crippen LogP) is 3.64. The Kier molecular flexibility index (Phi) is 7.81. The van der Waals surface area contributed by atoms with Crippen molar-refractivity contribution in [3.05, 3.63) is 62.5 Å². The molecule has 9 heteroatoms. The van der Waals surface area contributed by atoms with Gasteiger partial charge in [0.1, 0.15) is 18.9 Å². The van der Waals surface area contributed by atoms with Crippen LogP contribution in [-0.2, 0) is 16.1 Å². The van der Waals surface area contributed by atoms with Crippen molar-refractivity contribution in [1.82, 2.24) is 10.3 Å². The number of hydrogen-bond acceptors (Lipinski definition) is 5. The van der Waals surface area contributed by atoms with Crippen LogP contribution in [0.25, 0.3) is 0 Å². The summed E-state index contributed by atoms with van der Waals surface area (Å²) in [7, 11) is 1.46. The highest BCUT2D eigenvalue weighted by Crippen LogP contribution is 2.32. The fraction of sp³-hybridized carbons (Fsp3) is 0.167. The average Bonchev–Trinajstić information content (AvgIpc) is 2.64. The first-order valence-electron chi connectivity index (χ1n) is 7.78. The van der Waals surface area contributed by atoms with Crippen LogP contribution in [0.2, 0.25) is 0 Å². The van der Waals surface area contributed by atoms with Gasteiger partial charge in [0.25, 0.3) is 5.91 Å². The second kappa shape index (κ2) is 10.1. The predicted molar refractivity (Wildman–Crippen MR) is 109 cm³/mol. The highest BCUT2D eigenvalue weighted by atomic mass is 79.9. The smallest absolute Gasteiger partial charge is 0.410 e. The van der Waals surface area contributed by atoms with Gasteiger partial charge >= 0.3 is 6.09 Å². The molecular formula is C18H17Br2N3O4. The van der Waals surface area contributed by atoms with E-state index >= 15 is 0 Å². The number of nitrogens with zero attached hydrogens (tertiary/aromatic N) is 2. The molecule has 7 nitrogen and oxygen atoms in total. The Morgan fingerprint density at radius 1 is 1.22 bits per heavy atom. The van der Waals surface area contributed by atoms with E-state index in [2.05, 4.69) is 42.4 Å². The van der Waals surface area contributed by atoms with Crippen molar-refractivity contribution >= 4 is 50.1 Å². The SMILES string of the molecule is CN(CC(=O)N/N=C\c1cc(Br)c(O)c(Br)c1)C(=O)OCc1ccccc1. The number of aromatic hydroxyl groups is 1. The Bertz CT molecular complexity index is 821. The van der Waals surface area contributed by atoms with E-state index in [4.69, 9.17) is 4.74 Å². The number of halogens is 2. The maximum atomic E-state index is 11.9. The lowest BCUT2D eigenvalue weighted by Gasteiger charge is -2.15. The molecule has 2 N–H and O–H groups in total. The van der Waals surface area contributed by atoms with E-state index in [1.165, 1.54) is 13.3 Å². The molecule has 2 aromatic rings. The summed E-state index contributed by atoms with van der Waals surface area (Å²) in [6.45, 7) is -0.0671. The number of phenols is 1. The van der Waals surface area contributed by atoms with Gasteiger partial charge in [-0.15, -0.1) is 0 Å². The highest BCUT2D eigenvalue weighted by molar-refractivity contribution is 9.11. The van der Waals surface area contributed by atoms with Crippen LogP contribution in [0, 0.1) is 0 Å². The fourth-order valence-corrected chi connectivity index (χ4v) is 3.21. The molecule has 0 aliphatic rings. The molecule has 0 heterocycles. The largest absolute Gasteiger partial charge is 0.506 e. The van der Waals surface area contributed by atoms with Gasteiger partial charge in [0, 0.05) is 7.05 Å². The van der Waals surface area contributed by atoms with Crippen LogP contribution in [0.1, 0.15) is 11.1 Å². The lowest BCUT2D eigenvalue weighted by atomic mass is 10.2. The van der Waals surface area contributed by atoms with Gasteiger partial charge in [0.05, 0.1) is 15.2 Å². The molecule has 0 fully saturated rings. The molecule has 27 heavy (non-hydrogen) atoms. The van der Waals surface area contributed by atoms with Gasteiger partial charge in [-0.25, -0.2) is 10.2 Å². The van der Waals surface area contributed by atoms with E-state index in [0.717, 1.165) is 10.5 Å². The molecule has 0 radical (unpaired) electrons. The van der Waals surface area contributed by atoms with Crippen molar-refractivity contribution in [3.63, 3.8) is 0 Å².